The molecule has 0 aromatic heterocycles. The largest absolute Gasteiger partial charge is 0.388 e. The van der Waals surface area contributed by atoms with Crippen LogP contribution in [0.4, 0.5) is 0 Å². The summed E-state index contributed by atoms with van der Waals surface area (Å²) in [5.74, 6) is 0.945. The highest BCUT2D eigenvalue weighted by Crippen LogP contribution is 2.47. The van der Waals surface area contributed by atoms with Crippen LogP contribution in [0.2, 0.25) is 0 Å². The van der Waals surface area contributed by atoms with Gasteiger partial charge in [0.1, 0.15) is 0 Å². The summed E-state index contributed by atoms with van der Waals surface area (Å²) in [5, 5.41) is 3.01. The zero-order chi connectivity index (χ0) is 26.1. The normalized spacial score (nSPS) is 16.1. The van der Waals surface area contributed by atoms with Gasteiger partial charge in [-0.2, -0.15) is 0 Å². The lowest BCUT2D eigenvalue weighted by Crippen LogP contribution is -2.06. The Hall–Kier alpha value is -2.80. The second-order valence-electron chi connectivity index (χ2n) is 9.06. The zero-order valence-corrected chi connectivity index (χ0v) is 23.3. The van der Waals surface area contributed by atoms with E-state index in [2.05, 4.69) is 82.6 Å². The van der Waals surface area contributed by atoms with Crippen molar-refractivity contribution in [3.63, 3.8) is 0 Å². The molecule has 35 heavy (non-hydrogen) atoms. The van der Waals surface area contributed by atoms with Crippen LogP contribution >= 0.6 is 0 Å². The van der Waals surface area contributed by atoms with Gasteiger partial charge in [0, 0.05) is 6.54 Å². The smallest absolute Gasteiger partial charge is 0.0354 e. The van der Waals surface area contributed by atoms with Gasteiger partial charge in [-0.3, -0.25) is 0 Å². The van der Waals surface area contributed by atoms with Gasteiger partial charge in [0.25, 0.3) is 0 Å². The molecule has 1 N–H and O–H groups in total. The van der Waals surface area contributed by atoms with E-state index in [-0.39, 0.29) is 0 Å². The standard InChI is InChI=1S/C12H14.C10H15N.C10H14.C2H6/c1-2-4-11-9(3-1)7-8-12(11)10-5-6-10;1-4-6-7-8-10(3)9-11-5-2;1-4-10-7-8(2)5-6-9(10)3;1-2/h3-4,8,10H,1-2,5-7H2;4-8,11H,1-2,9H2,3H3;5-7H,4H2,1-3H3;1-2H3/b;7-6-,10-8+;;. The second kappa shape index (κ2) is 17.6. The average molecular weight is 472 g/mol. The van der Waals surface area contributed by atoms with Gasteiger partial charge in [-0.1, -0.05) is 106 Å². The maximum absolute atomic E-state index is 3.57. The first-order chi connectivity index (χ1) is 17.0. The summed E-state index contributed by atoms with van der Waals surface area (Å²) >= 11 is 0. The summed E-state index contributed by atoms with van der Waals surface area (Å²) in [6, 6.07) is 6.61. The van der Waals surface area contributed by atoms with E-state index >= 15 is 0 Å². The number of nitrogens with one attached hydrogen (secondary N) is 1. The van der Waals surface area contributed by atoms with Gasteiger partial charge in [0.2, 0.25) is 0 Å². The van der Waals surface area contributed by atoms with Crippen LogP contribution in [0.3, 0.4) is 0 Å². The quantitative estimate of drug-likeness (QED) is 0.390. The molecular formula is C34H49N. The minimum Gasteiger partial charge on any atom is -0.388 e. The Morgan fingerprint density at radius 1 is 1.03 bits per heavy atom. The van der Waals surface area contributed by atoms with E-state index in [4.69, 9.17) is 0 Å². The molecule has 0 atom stereocenters. The average Bonchev–Trinajstić information content (AvgIpc) is 3.64. The Bertz CT molecular complexity index is 945. The number of aryl methyl sites for hydroxylation is 3. The Kier molecular flexibility index (Phi) is 15.2. The SMILES string of the molecule is C1=C2CC=C(C3CC3)C2=CCC1.C=C/C=C\C=C(/C)CNC=C.CC.CCc1cc(C)ccc1C. The molecule has 0 amide bonds. The van der Waals surface area contributed by atoms with Gasteiger partial charge >= 0.3 is 0 Å². The van der Waals surface area contributed by atoms with Gasteiger partial charge in [0.15, 0.2) is 0 Å². The van der Waals surface area contributed by atoms with Crippen molar-refractivity contribution in [3.05, 3.63) is 119 Å². The molecule has 3 aliphatic carbocycles. The van der Waals surface area contributed by atoms with Crippen LogP contribution < -0.4 is 5.32 Å². The fourth-order valence-electron chi connectivity index (χ4n) is 4.11. The number of hydrogen-bond acceptors (Lipinski definition) is 1. The van der Waals surface area contributed by atoms with Crippen LogP contribution in [0.15, 0.2) is 102 Å². The number of benzene rings is 1. The molecule has 1 nitrogen and oxygen atoms in total. The van der Waals surface area contributed by atoms with Crippen molar-refractivity contribution in [2.24, 2.45) is 5.92 Å². The highest BCUT2D eigenvalue weighted by molar-refractivity contribution is 5.56. The molecule has 0 spiro atoms. The van der Waals surface area contributed by atoms with Crippen molar-refractivity contribution < 1.29 is 0 Å². The van der Waals surface area contributed by atoms with E-state index in [1.54, 1.807) is 29.0 Å². The molecule has 4 rings (SSSR count). The lowest BCUT2D eigenvalue weighted by atomic mass is 9.95. The number of rotatable bonds is 7. The molecule has 0 radical (unpaired) electrons. The fourth-order valence-corrected chi connectivity index (χ4v) is 4.11. The molecule has 3 aliphatic rings. The zero-order valence-electron chi connectivity index (χ0n) is 23.3. The van der Waals surface area contributed by atoms with Crippen LogP contribution in [0.5, 0.6) is 0 Å². The van der Waals surface area contributed by atoms with Gasteiger partial charge in [0.05, 0.1) is 0 Å². The molecule has 1 heteroatoms. The highest BCUT2D eigenvalue weighted by Gasteiger charge is 2.31. The Morgan fingerprint density at radius 2 is 1.74 bits per heavy atom. The van der Waals surface area contributed by atoms with Gasteiger partial charge in [-0.15, -0.1) is 0 Å². The van der Waals surface area contributed by atoms with E-state index in [1.165, 1.54) is 54.4 Å². The topological polar surface area (TPSA) is 12.0 Å². The van der Waals surface area contributed by atoms with Crippen molar-refractivity contribution in [1.29, 1.82) is 0 Å². The van der Waals surface area contributed by atoms with E-state index in [0.717, 1.165) is 18.9 Å². The number of fused-ring (bicyclic) bond motifs is 1. The maximum atomic E-state index is 3.57. The molecule has 0 bridgehead atoms. The number of hydrogen-bond donors (Lipinski definition) is 1. The third kappa shape index (κ3) is 11.5. The molecule has 1 aromatic carbocycles. The first-order valence-corrected chi connectivity index (χ1v) is 13.4. The van der Waals surface area contributed by atoms with Crippen LogP contribution in [-0.4, -0.2) is 6.54 Å². The van der Waals surface area contributed by atoms with Crippen molar-refractivity contribution in [1.82, 2.24) is 5.32 Å². The van der Waals surface area contributed by atoms with Crippen molar-refractivity contribution >= 4 is 0 Å². The maximum Gasteiger partial charge on any atom is 0.0354 e. The molecule has 1 fully saturated rings. The monoisotopic (exact) mass is 471 g/mol. The summed E-state index contributed by atoms with van der Waals surface area (Å²) in [6.07, 6.45) is 24.5. The second-order valence-corrected chi connectivity index (χ2v) is 9.06. The van der Waals surface area contributed by atoms with Crippen LogP contribution in [-0.2, 0) is 6.42 Å². The lowest BCUT2D eigenvalue weighted by molar-refractivity contribution is 0.939. The fraction of sp³-hybridized carbons (Fsp3) is 0.412. The number of allylic oxidation sites excluding steroid dienone is 10. The van der Waals surface area contributed by atoms with E-state index in [1.807, 2.05) is 32.1 Å². The molecule has 0 aliphatic heterocycles. The molecule has 1 aromatic rings. The minimum atomic E-state index is 0.852. The van der Waals surface area contributed by atoms with E-state index in [9.17, 15) is 0 Å². The van der Waals surface area contributed by atoms with E-state index in [0.29, 0.717) is 0 Å². The molecule has 0 unspecified atom stereocenters. The van der Waals surface area contributed by atoms with Gasteiger partial charge < -0.3 is 5.32 Å². The molecule has 1 saturated carbocycles. The van der Waals surface area contributed by atoms with Crippen LogP contribution in [0.1, 0.15) is 76.5 Å². The minimum absolute atomic E-state index is 0.852. The third-order valence-corrected chi connectivity index (χ3v) is 6.16. The predicted molar refractivity (Wildman–Crippen MR) is 159 cm³/mol. The van der Waals surface area contributed by atoms with Crippen molar-refractivity contribution in [2.75, 3.05) is 6.54 Å². The molecule has 0 heterocycles. The van der Waals surface area contributed by atoms with Crippen molar-refractivity contribution in [2.45, 2.75) is 80.1 Å². The van der Waals surface area contributed by atoms with Crippen LogP contribution in [0.25, 0.3) is 0 Å². The van der Waals surface area contributed by atoms with Crippen LogP contribution in [0, 0.1) is 19.8 Å². The van der Waals surface area contributed by atoms with Crippen molar-refractivity contribution in [3.8, 4) is 0 Å². The first kappa shape index (κ1) is 30.2. The van der Waals surface area contributed by atoms with Gasteiger partial charge in [-0.25, -0.2) is 0 Å². The predicted octanol–water partition coefficient (Wildman–Crippen LogP) is 9.67. The highest BCUT2D eigenvalue weighted by atomic mass is 14.8. The summed E-state index contributed by atoms with van der Waals surface area (Å²) in [6.45, 7) is 20.5. The summed E-state index contributed by atoms with van der Waals surface area (Å²) in [4.78, 5) is 0. The summed E-state index contributed by atoms with van der Waals surface area (Å²) in [7, 11) is 0. The van der Waals surface area contributed by atoms with E-state index < -0.39 is 0 Å². The summed E-state index contributed by atoms with van der Waals surface area (Å²) < 4.78 is 0. The lowest BCUT2D eigenvalue weighted by Gasteiger charge is -2.10. The molecule has 190 valence electrons. The summed E-state index contributed by atoms with van der Waals surface area (Å²) in [5.41, 5.74) is 10.4. The van der Waals surface area contributed by atoms with Gasteiger partial charge in [-0.05, 0) is 99.3 Å². The Labute approximate surface area is 216 Å². The molecule has 0 saturated heterocycles. The Morgan fingerprint density at radius 3 is 2.34 bits per heavy atom. The Balaban J connectivity index is 0.000000255. The third-order valence-electron chi connectivity index (χ3n) is 6.16. The molecular weight excluding hydrogens is 422 g/mol. The first-order valence-electron chi connectivity index (χ1n) is 13.4.